The molecule has 1 aliphatic heterocycles. The third-order valence-electron chi connectivity index (χ3n) is 5.65. The molecule has 2 aromatic carbocycles. The van der Waals surface area contributed by atoms with Crippen LogP contribution in [0.1, 0.15) is 0 Å². The lowest BCUT2D eigenvalue weighted by Gasteiger charge is -2.18. The van der Waals surface area contributed by atoms with Crippen molar-refractivity contribution in [1.29, 1.82) is 0 Å². The molecule has 1 aliphatic rings. The van der Waals surface area contributed by atoms with E-state index < -0.39 is 0 Å². The molecular formula is C24H19N5O5. The number of benzene rings is 2. The van der Waals surface area contributed by atoms with Crippen molar-refractivity contribution in [2.75, 3.05) is 27.4 Å². The highest BCUT2D eigenvalue weighted by Crippen LogP contribution is 2.33. The van der Waals surface area contributed by atoms with Crippen molar-refractivity contribution >= 4 is 16.7 Å². The van der Waals surface area contributed by atoms with Gasteiger partial charge in [0.2, 0.25) is 0 Å². The van der Waals surface area contributed by atoms with E-state index in [4.69, 9.17) is 18.9 Å². The van der Waals surface area contributed by atoms with Gasteiger partial charge in [0.1, 0.15) is 24.7 Å². The van der Waals surface area contributed by atoms with Crippen molar-refractivity contribution in [3.05, 3.63) is 65.2 Å². The van der Waals surface area contributed by atoms with E-state index in [0.717, 1.165) is 5.56 Å². The fourth-order valence-corrected chi connectivity index (χ4v) is 3.96. The fourth-order valence-electron chi connectivity index (χ4n) is 3.96. The monoisotopic (exact) mass is 457 g/mol. The van der Waals surface area contributed by atoms with Crippen LogP contribution in [-0.4, -0.2) is 51.6 Å². The number of pyridine rings is 1. The first-order valence-corrected chi connectivity index (χ1v) is 10.6. The van der Waals surface area contributed by atoms with E-state index in [1.165, 1.54) is 10.8 Å². The van der Waals surface area contributed by atoms with Crippen LogP contribution in [0.2, 0.25) is 0 Å². The molecule has 0 saturated carbocycles. The Morgan fingerprint density at radius 2 is 1.71 bits per heavy atom. The highest BCUT2D eigenvalue weighted by Gasteiger charge is 2.17. The number of hydrogen-bond donors (Lipinski definition) is 0. The molecule has 0 saturated heterocycles. The summed E-state index contributed by atoms with van der Waals surface area (Å²) in [5.41, 5.74) is 1.72. The van der Waals surface area contributed by atoms with E-state index in [-0.39, 0.29) is 5.56 Å². The van der Waals surface area contributed by atoms with Crippen molar-refractivity contribution in [2.24, 2.45) is 0 Å². The summed E-state index contributed by atoms with van der Waals surface area (Å²) in [5.74, 6) is 3.36. The molecule has 170 valence electrons. The lowest BCUT2D eigenvalue weighted by molar-refractivity contribution is 0.171. The van der Waals surface area contributed by atoms with E-state index in [1.54, 1.807) is 49.2 Å². The zero-order valence-corrected chi connectivity index (χ0v) is 18.4. The summed E-state index contributed by atoms with van der Waals surface area (Å²) in [7, 11) is 3.12. The molecule has 34 heavy (non-hydrogen) atoms. The minimum absolute atomic E-state index is 0.251. The summed E-state index contributed by atoms with van der Waals surface area (Å²) in [5, 5.41) is 5.02. The summed E-state index contributed by atoms with van der Waals surface area (Å²) in [4.78, 5) is 22.3. The summed E-state index contributed by atoms with van der Waals surface area (Å²) in [6.07, 6.45) is 3.20. The quantitative estimate of drug-likeness (QED) is 0.406. The topological polar surface area (TPSA) is 102 Å². The maximum absolute atomic E-state index is 13.4. The first kappa shape index (κ1) is 20.0. The lowest BCUT2D eigenvalue weighted by atomic mass is 10.2. The molecule has 0 fully saturated rings. The van der Waals surface area contributed by atoms with Gasteiger partial charge in [-0.3, -0.25) is 9.36 Å². The zero-order valence-electron chi connectivity index (χ0n) is 18.4. The minimum atomic E-state index is -0.251. The zero-order chi connectivity index (χ0) is 23.2. The second kappa shape index (κ2) is 7.77. The van der Waals surface area contributed by atoms with E-state index in [1.807, 2.05) is 18.2 Å². The van der Waals surface area contributed by atoms with Crippen LogP contribution in [0.4, 0.5) is 0 Å². The Morgan fingerprint density at radius 1 is 0.941 bits per heavy atom. The standard InChI is InChI=1S/C24H19N5O5/c1-31-16-10-15(11-17(12-16)32-2)28-6-5-19-18(23(28)30)13-25-24-26-22(27-29(19)24)14-3-4-20-21(9-14)34-8-7-33-20/h3-6,9-13H,7-8H2,1-2H3. The van der Waals surface area contributed by atoms with E-state index in [2.05, 4.69) is 15.1 Å². The Hall–Kier alpha value is -4.60. The Balaban J connectivity index is 1.48. The first-order chi connectivity index (χ1) is 16.6. The summed E-state index contributed by atoms with van der Waals surface area (Å²) >= 11 is 0. The van der Waals surface area contributed by atoms with Crippen LogP contribution in [0.5, 0.6) is 23.0 Å². The van der Waals surface area contributed by atoms with Gasteiger partial charge in [0.05, 0.1) is 30.8 Å². The van der Waals surface area contributed by atoms with Gasteiger partial charge < -0.3 is 18.9 Å². The number of rotatable bonds is 4. The maximum Gasteiger partial charge on any atom is 0.266 e. The molecule has 0 unspecified atom stereocenters. The van der Waals surface area contributed by atoms with Gasteiger partial charge in [-0.15, -0.1) is 5.10 Å². The molecule has 10 nitrogen and oxygen atoms in total. The predicted molar refractivity (Wildman–Crippen MR) is 123 cm³/mol. The number of fused-ring (bicyclic) bond motifs is 4. The maximum atomic E-state index is 13.4. The van der Waals surface area contributed by atoms with Crippen LogP contribution in [-0.2, 0) is 0 Å². The van der Waals surface area contributed by atoms with E-state index in [0.29, 0.717) is 64.4 Å². The summed E-state index contributed by atoms with van der Waals surface area (Å²) < 4.78 is 25.0. The summed E-state index contributed by atoms with van der Waals surface area (Å²) in [6.45, 7) is 1.02. The van der Waals surface area contributed by atoms with Gasteiger partial charge in [-0.25, -0.2) is 4.98 Å². The normalized spacial score (nSPS) is 12.8. The van der Waals surface area contributed by atoms with Crippen molar-refractivity contribution < 1.29 is 18.9 Å². The van der Waals surface area contributed by atoms with Crippen LogP contribution in [0.25, 0.3) is 33.8 Å². The molecule has 0 N–H and O–H groups in total. The van der Waals surface area contributed by atoms with Crippen molar-refractivity contribution in [2.45, 2.75) is 0 Å². The number of hydrogen-bond acceptors (Lipinski definition) is 8. The van der Waals surface area contributed by atoms with Crippen LogP contribution in [0.3, 0.4) is 0 Å². The Bertz CT molecular complexity index is 1600. The number of ether oxygens (including phenoxy) is 4. The molecule has 0 aliphatic carbocycles. The van der Waals surface area contributed by atoms with Gasteiger partial charge in [0.25, 0.3) is 11.3 Å². The second-order valence-electron chi connectivity index (χ2n) is 7.62. The van der Waals surface area contributed by atoms with E-state index in [9.17, 15) is 4.79 Å². The van der Waals surface area contributed by atoms with Crippen molar-refractivity contribution in [3.63, 3.8) is 0 Å². The SMILES string of the molecule is COc1cc(OC)cc(-n2ccc3c(cnc4nc(-c5ccc6c(c5)OCCO6)nn43)c2=O)c1. The molecule has 4 heterocycles. The Morgan fingerprint density at radius 3 is 2.47 bits per heavy atom. The fraction of sp³-hybridized carbons (Fsp3) is 0.167. The van der Waals surface area contributed by atoms with Crippen LogP contribution < -0.4 is 24.5 Å². The minimum Gasteiger partial charge on any atom is -0.497 e. The number of methoxy groups -OCH3 is 2. The van der Waals surface area contributed by atoms with Crippen LogP contribution >= 0.6 is 0 Å². The third-order valence-corrected chi connectivity index (χ3v) is 5.65. The Kier molecular flexibility index (Phi) is 4.58. The number of nitrogens with zero attached hydrogens (tertiary/aromatic N) is 5. The molecule has 0 radical (unpaired) electrons. The van der Waals surface area contributed by atoms with Gasteiger partial charge in [-0.1, -0.05) is 0 Å². The van der Waals surface area contributed by atoms with Crippen molar-refractivity contribution in [1.82, 2.24) is 24.1 Å². The molecule has 10 heteroatoms. The summed E-state index contributed by atoms with van der Waals surface area (Å²) in [6, 6.07) is 12.6. The smallest absolute Gasteiger partial charge is 0.266 e. The van der Waals surface area contributed by atoms with Crippen molar-refractivity contribution in [3.8, 4) is 40.1 Å². The molecule has 0 bridgehead atoms. The molecule has 5 aromatic rings. The third kappa shape index (κ3) is 3.19. The van der Waals surface area contributed by atoms with Gasteiger partial charge in [-0.2, -0.15) is 9.50 Å². The van der Waals surface area contributed by atoms with E-state index >= 15 is 0 Å². The largest absolute Gasteiger partial charge is 0.497 e. The first-order valence-electron chi connectivity index (χ1n) is 10.6. The molecule has 0 spiro atoms. The van der Waals surface area contributed by atoms with Gasteiger partial charge >= 0.3 is 0 Å². The number of aromatic nitrogens is 5. The van der Waals surface area contributed by atoms with Gasteiger partial charge in [-0.05, 0) is 24.3 Å². The molecule has 0 amide bonds. The van der Waals surface area contributed by atoms with Crippen LogP contribution in [0.15, 0.2) is 59.7 Å². The predicted octanol–water partition coefficient (Wildman–Crippen LogP) is 2.88. The Labute approximate surface area is 192 Å². The van der Waals surface area contributed by atoms with Crippen LogP contribution in [0, 0.1) is 0 Å². The average Bonchev–Trinajstić information content (AvgIpc) is 3.33. The molecule has 3 aromatic heterocycles. The molecule has 6 rings (SSSR count). The molecule has 0 atom stereocenters. The highest BCUT2D eigenvalue weighted by atomic mass is 16.6. The average molecular weight is 457 g/mol. The van der Waals surface area contributed by atoms with Gasteiger partial charge in [0.15, 0.2) is 17.3 Å². The highest BCUT2D eigenvalue weighted by molar-refractivity contribution is 5.79. The van der Waals surface area contributed by atoms with Gasteiger partial charge in [0, 0.05) is 36.2 Å². The second-order valence-corrected chi connectivity index (χ2v) is 7.62. The molecular weight excluding hydrogens is 438 g/mol. The lowest BCUT2D eigenvalue weighted by Crippen LogP contribution is -2.19.